The number of nitrogens with one attached hydrogen (secondary N) is 1. The van der Waals surface area contributed by atoms with Gasteiger partial charge in [-0.05, 0) is 38.0 Å². The molecule has 3 fully saturated rings. The van der Waals surface area contributed by atoms with Gasteiger partial charge in [0.2, 0.25) is 5.91 Å². The third-order valence-electron chi connectivity index (χ3n) is 5.25. The van der Waals surface area contributed by atoms with Gasteiger partial charge in [0, 0.05) is 0 Å². The normalized spacial score (nSPS) is 39.0. The fourth-order valence-electron chi connectivity index (χ4n) is 4.26. The molecule has 0 aromatic heterocycles. The van der Waals surface area contributed by atoms with Gasteiger partial charge in [-0.2, -0.15) is 0 Å². The molecule has 4 heteroatoms. The summed E-state index contributed by atoms with van der Waals surface area (Å²) in [6.07, 6.45) is 8.57. The number of hydrogen-bond donors (Lipinski definition) is 1. The molecule has 0 aliphatic carbocycles. The predicted octanol–water partition coefficient (Wildman–Crippen LogP) is 2.67. The fraction of sp³-hybridized carbons (Fsp3) is 0.941. The Morgan fingerprint density at radius 2 is 2.19 bits per heavy atom. The zero-order valence-electron chi connectivity index (χ0n) is 13.7. The Morgan fingerprint density at radius 3 is 2.76 bits per heavy atom. The van der Waals surface area contributed by atoms with Crippen LogP contribution >= 0.6 is 0 Å². The third kappa shape index (κ3) is 2.98. The van der Waals surface area contributed by atoms with Gasteiger partial charge < -0.3 is 9.64 Å². The van der Waals surface area contributed by atoms with Gasteiger partial charge >= 0.3 is 0 Å². The van der Waals surface area contributed by atoms with E-state index in [9.17, 15) is 4.79 Å². The van der Waals surface area contributed by atoms with Crippen LogP contribution in [0.5, 0.6) is 0 Å². The lowest BCUT2D eigenvalue weighted by Crippen LogP contribution is -2.49. The molecule has 4 nitrogen and oxygen atoms in total. The lowest BCUT2D eigenvalue weighted by Gasteiger charge is -2.34. The van der Waals surface area contributed by atoms with E-state index in [1.807, 2.05) is 0 Å². The van der Waals surface area contributed by atoms with Gasteiger partial charge in [-0.15, -0.1) is 0 Å². The van der Waals surface area contributed by atoms with E-state index in [2.05, 4.69) is 31.0 Å². The average molecular weight is 294 g/mol. The second-order valence-electron chi connectivity index (χ2n) is 7.43. The number of hydrogen-bond acceptors (Lipinski definition) is 3. The SMILES string of the molecule is CCCCC1NC(CC(C)C)N(C2CC3CCC2O3)C1=O. The van der Waals surface area contributed by atoms with E-state index >= 15 is 0 Å². The number of carbonyl (C=O) groups is 1. The Morgan fingerprint density at radius 1 is 1.38 bits per heavy atom. The minimum Gasteiger partial charge on any atom is -0.373 e. The molecule has 1 N–H and O–H groups in total. The van der Waals surface area contributed by atoms with Gasteiger partial charge in [0.05, 0.1) is 30.5 Å². The van der Waals surface area contributed by atoms with Gasteiger partial charge in [0.25, 0.3) is 0 Å². The Hall–Kier alpha value is -0.610. The first-order valence-corrected chi connectivity index (χ1v) is 8.83. The van der Waals surface area contributed by atoms with Crippen LogP contribution in [0, 0.1) is 5.92 Å². The Labute approximate surface area is 128 Å². The van der Waals surface area contributed by atoms with Crippen molar-refractivity contribution in [2.24, 2.45) is 5.92 Å². The Kier molecular flexibility index (Phi) is 4.55. The first-order chi connectivity index (χ1) is 10.1. The number of nitrogens with zero attached hydrogens (tertiary/aromatic N) is 1. The molecule has 120 valence electrons. The zero-order valence-corrected chi connectivity index (χ0v) is 13.7. The molecule has 3 saturated heterocycles. The summed E-state index contributed by atoms with van der Waals surface area (Å²) in [5, 5.41) is 3.61. The monoisotopic (exact) mass is 294 g/mol. The highest BCUT2D eigenvalue weighted by Gasteiger charge is 2.50. The topological polar surface area (TPSA) is 41.6 Å². The number of fused-ring (bicyclic) bond motifs is 2. The second kappa shape index (κ2) is 6.25. The lowest BCUT2D eigenvalue weighted by molar-refractivity contribution is -0.133. The molecule has 0 aromatic carbocycles. The molecule has 3 heterocycles. The van der Waals surface area contributed by atoms with Gasteiger partial charge in [0.1, 0.15) is 0 Å². The summed E-state index contributed by atoms with van der Waals surface area (Å²) in [5.41, 5.74) is 0. The van der Waals surface area contributed by atoms with E-state index in [4.69, 9.17) is 4.74 Å². The van der Waals surface area contributed by atoms with Crippen LogP contribution in [0.3, 0.4) is 0 Å². The number of unbranched alkanes of at least 4 members (excludes halogenated alkanes) is 1. The predicted molar refractivity (Wildman–Crippen MR) is 82.8 cm³/mol. The van der Waals surface area contributed by atoms with Crippen LogP contribution in [0.2, 0.25) is 0 Å². The standard InChI is InChI=1S/C17H30N2O2/c1-4-5-6-13-17(20)19(16(18-13)9-11(2)3)14-10-12-7-8-15(14)21-12/h11-16,18H,4-10H2,1-3H3. The molecule has 0 saturated carbocycles. The third-order valence-corrected chi connectivity index (χ3v) is 5.25. The number of rotatable bonds is 6. The molecular formula is C17H30N2O2. The fourth-order valence-corrected chi connectivity index (χ4v) is 4.26. The van der Waals surface area contributed by atoms with E-state index < -0.39 is 0 Å². The van der Waals surface area contributed by atoms with Crippen molar-refractivity contribution in [3.8, 4) is 0 Å². The summed E-state index contributed by atoms with van der Waals surface area (Å²) in [6.45, 7) is 6.66. The second-order valence-corrected chi connectivity index (χ2v) is 7.43. The molecule has 0 aromatic rings. The van der Waals surface area contributed by atoms with Crippen molar-refractivity contribution >= 4 is 5.91 Å². The first kappa shape index (κ1) is 15.3. The first-order valence-electron chi connectivity index (χ1n) is 8.83. The summed E-state index contributed by atoms with van der Waals surface area (Å²) >= 11 is 0. The Balaban J connectivity index is 1.72. The molecule has 3 aliphatic rings. The largest absolute Gasteiger partial charge is 0.373 e. The highest BCUT2D eigenvalue weighted by molar-refractivity contribution is 5.84. The molecule has 5 unspecified atom stereocenters. The summed E-state index contributed by atoms with van der Waals surface area (Å²) in [4.78, 5) is 15.0. The van der Waals surface area contributed by atoms with Crippen LogP contribution in [-0.4, -0.2) is 41.3 Å². The van der Waals surface area contributed by atoms with Crippen LogP contribution in [0.4, 0.5) is 0 Å². The zero-order chi connectivity index (χ0) is 15.0. The average Bonchev–Trinajstić information content (AvgIpc) is 3.11. The van der Waals surface area contributed by atoms with Crippen molar-refractivity contribution in [2.45, 2.75) is 96.2 Å². The maximum Gasteiger partial charge on any atom is 0.241 e. The molecule has 3 aliphatic heterocycles. The van der Waals surface area contributed by atoms with Crippen molar-refractivity contribution in [1.82, 2.24) is 10.2 Å². The van der Waals surface area contributed by atoms with Crippen molar-refractivity contribution in [3.05, 3.63) is 0 Å². The molecule has 3 rings (SSSR count). The van der Waals surface area contributed by atoms with Crippen molar-refractivity contribution < 1.29 is 9.53 Å². The van der Waals surface area contributed by atoms with E-state index in [-0.39, 0.29) is 12.2 Å². The molecule has 21 heavy (non-hydrogen) atoms. The number of ether oxygens (including phenoxy) is 1. The maximum atomic E-state index is 12.9. The maximum absolute atomic E-state index is 12.9. The lowest BCUT2D eigenvalue weighted by atomic mass is 9.93. The number of amides is 1. The van der Waals surface area contributed by atoms with E-state index in [0.29, 0.717) is 30.1 Å². The van der Waals surface area contributed by atoms with Crippen molar-refractivity contribution in [3.63, 3.8) is 0 Å². The highest BCUT2D eigenvalue weighted by Crippen LogP contribution is 2.39. The minimum atomic E-state index is 0.0350. The van der Waals surface area contributed by atoms with Gasteiger partial charge in [0.15, 0.2) is 0 Å². The van der Waals surface area contributed by atoms with Crippen LogP contribution in [0.15, 0.2) is 0 Å². The van der Waals surface area contributed by atoms with E-state index in [1.54, 1.807) is 0 Å². The van der Waals surface area contributed by atoms with Gasteiger partial charge in [-0.25, -0.2) is 0 Å². The van der Waals surface area contributed by atoms with Crippen LogP contribution < -0.4 is 5.32 Å². The smallest absolute Gasteiger partial charge is 0.241 e. The summed E-state index contributed by atoms with van der Waals surface area (Å²) in [5.74, 6) is 0.928. The molecule has 2 bridgehead atoms. The van der Waals surface area contributed by atoms with Crippen LogP contribution in [0.25, 0.3) is 0 Å². The van der Waals surface area contributed by atoms with E-state index in [1.165, 1.54) is 6.42 Å². The van der Waals surface area contributed by atoms with Gasteiger partial charge in [-0.1, -0.05) is 33.6 Å². The molecule has 0 spiro atoms. The van der Waals surface area contributed by atoms with Gasteiger partial charge in [-0.3, -0.25) is 10.1 Å². The minimum absolute atomic E-state index is 0.0350. The molecular weight excluding hydrogens is 264 g/mol. The summed E-state index contributed by atoms with van der Waals surface area (Å²) in [6, 6.07) is 0.354. The molecule has 0 radical (unpaired) electrons. The molecule has 1 amide bonds. The summed E-state index contributed by atoms with van der Waals surface area (Å²) < 4.78 is 5.99. The highest BCUT2D eigenvalue weighted by atomic mass is 16.5. The van der Waals surface area contributed by atoms with Crippen molar-refractivity contribution in [1.29, 1.82) is 0 Å². The number of carbonyl (C=O) groups excluding carboxylic acids is 1. The van der Waals surface area contributed by atoms with Crippen LogP contribution in [0.1, 0.15) is 65.7 Å². The molecule has 5 atom stereocenters. The van der Waals surface area contributed by atoms with Crippen LogP contribution in [-0.2, 0) is 9.53 Å². The Bertz CT molecular complexity index is 385. The quantitative estimate of drug-likeness (QED) is 0.819. The van der Waals surface area contributed by atoms with E-state index in [0.717, 1.165) is 38.5 Å². The summed E-state index contributed by atoms with van der Waals surface area (Å²) in [7, 11) is 0. The van der Waals surface area contributed by atoms with Crippen molar-refractivity contribution in [2.75, 3.05) is 0 Å².